The van der Waals surface area contributed by atoms with Gasteiger partial charge in [-0.1, -0.05) is 23.7 Å². The molecule has 2 heterocycles. The molecule has 0 aliphatic carbocycles. The average molecular weight is 344 g/mol. The van der Waals surface area contributed by atoms with Crippen molar-refractivity contribution in [3.05, 3.63) is 70.3 Å². The van der Waals surface area contributed by atoms with Crippen LogP contribution in [0.25, 0.3) is 0 Å². The van der Waals surface area contributed by atoms with E-state index in [2.05, 4.69) is 20.6 Å². The van der Waals surface area contributed by atoms with Crippen molar-refractivity contribution < 1.29 is 4.79 Å². The summed E-state index contributed by atoms with van der Waals surface area (Å²) in [6, 6.07) is 10.8. The fraction of sp³-hybridized carbons (Fsp3) is 0.235. The summed E-state index contributed by atoms with van der Waals surface area (Å²) >= 11 is 5.96. The Kier molecular flexibility index (Phi) is 4.66. The van der Waals surface area contributed by atoms with Crippen LogP contribution < -0.4 is 5.32 Å². The molecule has 0 spiro atoms. The van der Waals surface area contributed by atoms with Crippen molar-refractivity contribution in [3.8, 4) is 0 Å². The third kappa shape index (κ3) is 3.83. The Morgan fingerprint density at radius 2 is 2.08 bits per heavy atom. The molecule has 0 saturated heterocycles. The maximum absolute atomic E-state index is 12.4. The number of aromatic amines is 1. The minimum atomic E-state index is -0.337. The number of aryl methyl sites for hydroxylation is 2. The van der Waals surface area contributed by atoms with Gasteiger partial charge in [0, 0.05) is 24.0 Å². The van der Waals surface area contributed by atoms with E-state index in [-0.39, 0.29) is 18.4 Å². The molecule has 1 aromatic carbocycles. The first-order valence-electron chi connectivity index (χ1n) is 7.56. The molecule has 3 rings (SSSR count). The summed E-state index contributed by atoms with van der Waals surface area (Å²) in [5.74, 6) is -0.118. The first-order chi connectivity index (χ1) is 11.5. The van der Waals surface area contributed by atoms with E-state index in [4.69, 9.17) is 11.6 Å². The van der Waals surface area contributed by atoms with Crippen molar-refractivity contribution >= 4 is 17.5 Å². The van der Waals surface area contributed by atoms with Crippen LogP contribution in [0.2, 0.25) is 5.02 Å². The van der Waals surface area contributed by atoms with Crippen LogP contribution >= 0.6 is 11.6 Å². The molecule has 0 aliphatic heterocycles. The van der Waals surface area contributed by atoms with Gasteiger partial charge in [-0.05, 0) is 36.8 Å². The highest BCUT2D eigenvalue weighted by molar-refractivity contribution is 6.30. The third-order valence-corrected chi connectivity index (χ3v) is 3.89. The Morgan fingerprint density at radius 1 is 1.33 bits per heavy atom. The van der Waals surface area contributed by atoms with Crippen LogP contribution in [0.15, 0.2) is 42.6 Å². The van der Waals surface area contributed by atoms with Crippen molar-refractivity contribution in [1.82, 2.24) is 25.3 Å². The monoisotopic (exact) mass is 343 g/mol. The molecule has 2 N–H and O–H groups in total. The number of aromatic nitrogens is 4. The highest BCUT2D eigenvalue weighted by atomic mass is 35.5. The lowest BCUT2D eigenvalue weighted by molar-refractivity contribution is -0.121. The lowest BCUT2D eigenvalue weighted by atomic mass is 10.0. The molecule has 1 atom stereocenters. The van der Waals surface area contributed by atoms with Crippen molar-refractivity contribution in [2.24, 2.45) is 7.05 Å². The quantitative estimate of drug-likeness (QED) is 0.747. The summed E-state index contributed by atoms with van der Waals surface area (Å²) in [6.45, 7) is 1.90. The predicted molar refractivity (Wildman–Crippen MR) is 91.7 cm³/mol. The standard InChI is InChI=1S/C17H18ClN5O/c1-11-9-14(21-20-11)10-16(24)19-17(15-7-8-23(2)22-15)12-3-5-13(18)6-4-12/h3-9,17H,10H2,1-2H3,(H,19,24)(H,20,21)/t17-/m0/s1. The van der Waals surface area contributed by atoms with Gasteiger partial charge in [-0.15, -0.1) is 0 Å². The van der Waals surface area contributed by atoms with Crippen LogP contribution in [0.5, 0.6) is 0 Å². The van der Waals surface area contributed by atoms with E-state index in [0.29, 0.717) is 10.7 Å². The van der Waals surface area contributed by atoms with E-state index in [1.807, 2.05) is 44.4 Å². The fourth-order valence-electron chi connectivity index (χ4n) is 2.51. The Bertz CT molecular complexity index is 837. The molecule has 0 unspecified atom stereocenters. The van der Waals surface area contributed by atoms with Crippen molar-refractivity contribution in [3.63, 3.8) is 0 Å². The fourth-order valence-corrected chi connectivity index (χ4v) is 2.64. The lowest BCUT2D eigenvalue weighted by Crippen LogP contribution is -2.31. The van der Waals surface area contributed by atoms with E-state index >= 15 is 0 Å². The number of amides is 1. The van der Waals surface area contributed by atoms with Gasteiger partial charge in [0.05, 0.1) is 23.9 Å². The van der Waals surface area contributed by atoms with Crippen LogP contribution in [-0.2, 0) is 18.3 Å². The number of nitrogens with zero attached hydrogens (tertiary/aromatic N) is 3. The Labute approximate surface area is 144 Å². The van der Waals surface area contributed by atoms with Crippen molar-refractivity contribution in [2.45, 2.75) is 19.4 Å². The number of H-pyrrole nitrogens is 1. The number of benzene rings is 1. The van der Waals surface area contributed by atoms with Gasteiger partial charge in [0.2, 0.25) is 5.91 Å². The first-order valence-corrected chi connectivity index (χ1v) is 7.94. The van der Waals surface area contributed by atoms with E-state index in [1.54, 1.807) is 16.8 Å². The topological polar surface area (TPSA) is 75.6 Å². The Morgan fingerprint density at radius 3 is 2.67 bits per heavy atom. The second kappa shape index (κ2) is 6.88. The van der Waals surface area contributed by atoms with Gasteiger partial charge in [-0.25, -0.2) is 0 Å². The van der Waals surface area contributed by atoms with Gasteiger partial charge in [-0.2, -0.15) is 10.2 Å². The predicted octanol–water partition coefficient (Wildman–Crippen LogP) is 2.55. The Balaban J connectivity index is 1.81. The smallest absolute Gasteiger partial charge is 0.226 e. The van der Waals surface area contributed by atoms with E-state index < -0.39 is 0 Å². The zero-order chi connectivity index (χ0) is 17.1. The molecule has 0 bridgehead atoms. The number of hydrogen-bond acceptors (Lipinski definition) is 3. The minimum Gasteiger partial charge on any atom is -0.343 e. The Hall–Kier alpha value is -2.60. The number of nitrogens with one attached hydrogen (secondary N) is 2. The summed E-state index contributed by atoms with van der Waals surface area (Å²) < 4.78 is 1.71. The zero-order valence-electron chi connectivity index (χ0n) is 13.5. The second-order valence-corrected chi connectivity index (χ2v) is 6.12. The molecule has 24 heavy (non-hydrogen) atoms. The van der Waals surface area contributed by atoms with Crippen LogP contribution in [0, 0.1) is 6.92 Å². The molecule has 3 aromatic rings. The minimum absolute atomic E-state index is 0.118. The highest BCUT2D eigenvalue weighted by Gasteiger charge is 2.20. The number of carbonyl (C=O) groups is 1. The maximum Gasteiger partial charge on any atom is 0.226 e. The van der Waals surface area contributed by atoms with E-state index in [9.17, 15) is 4.79 Å². The molecule has 0 aliphatic rings. The molecule has 0 saturated carbocycles. The van der Waals surface area contributed by atoms with Crippen molar-refractivity contribution in [2.75, 3.05) is 0 Å². The van der Waals surface area contributed by atoms with Crippen LogP contribution in [0.4, 0.5) is 0 Å². The van der Waals surface area contributed by atoms with Gasteiger partial charge >= 0.3 is 0 Å². The van der Waals surface area contributed by atoms with Gasteiger partial charge in [0.25, 0.3) is 0 Å². The van der Waals surface area contributed by atoms with Crippen LogP contribution in [0.3, 0.4) is 0 Å². The largest absolute Gasteiger partial charge is 0.343 e. The van der Waals surface area contributed by atoms with Gasteiger partial charge in [-0.3, -0.25) is 14.6 Å². The summed E-state index contributed by atoms with van der Waals surface area (Å²) in [4.78, 5) is 12.4. The summed E-state index contributed by atoms with van der Waals surface area (Å²) in [5.41, 5.74) is 3.33. The summed E-state index contributed by atoms with van der Waals surface area (Å²) in [6.07, 6.45) is 2.06. The van der Waals surface area contributed by atoms with Gasteiger partial charge in [0.1, 0.15) is 0 Å². The molecule has 2 aromatic heterocycles. The second-order valence-electron chi connectivity index (χ2n) is 5.69. The third-order valence-electron chi connectivity index (χ3n) is 3.64. The zero-order valence-corrected chi connectivity index (χ0v) is 14.2. The number of hydrogen-bond donors (Lipinski definition) is 2. The van der Waals surface area contributed by atoms with Gasteiger partial charge in [0.15, 0.2) is 0 Å². The molecule has 0 radical (unpaired) electrons. The maximum atomic E-state index is 12.4. The number of carbonyl (C=O) groups excluding carboxylic acids is 1. The lowest BCUT2D eigenvalue weighted by Gasteiger charge is -2.17. The SMILES string of the molecule is Cc1cc(CC(=O)N[C@@H](c2ccc(Cl)cc2)c2ccn(C)n2)n[nH]1. The number of halogens is 1. The van der Waals surface area contributed by atoms with Gasteiger partial charge < -0.3 is 5.32 Å². The first kappa shape index (κ1) is 16.3. The molecule has 1 amide bonds. The highest BCUT2D eigenvalue weighted by Crippen LogP contribution is 2.22. The van der Waals surface area contributed by atoms with E-state index in [1.165, 1.54) is 0 Å². The molecule has 7 heteroatoms. The molecule has 6 nitrogen and oxygen atoms in total. The van der Waals surface area contributed by atoms with E-state index in [0.717, 1.165) is 17.0 Å². The molecular formula is C17H18ClN5O. The number of rotatable bonds is 5. The van der Waals surface area contributed by atoms with Crippen LogP contribution in [0.1, 0.15) is 28.7 Å². The van der Waals surface area contributed by atoms with Crippen molar-refractivity contribution in [1.29, 1.82) is 0 Å². The molecular weight excluding hydrogens is 326 g/mol. The molecule has 0 fully saturated rings. The van der Waals surface area contributed by atoms with Crippen LogP contribution in [-0.4, -0.2) is 25.9 Å². The summed E-state index contributed by atoms with van der Waals surface area (Å²) in [5, 5.41) is 15.0. The molecule has 124 valence electrons. The average Bonchev–Trinajstić information content (AvgIpc) is 3.14. The summed E-state index contributed by atoms with van der Waals surface area (Å²) in [7, 11) is 1.84. The normalized spacial score (nSPS) is 12.1.